The van der Waals surface area contributed by atoms with E-state index in [4.69, 9.17) is 14.9 Å². The van der Waals surface area contributed by atoms with Crippen molar-refractivity contribution in [3.63, 3.8) is 0 Å². The van der Waals surface area contributed by atoms with Crippen molar-refractivity contribution in [3.05, 3.63) is 0 Å². The van der Waals surface area contributed by atoms with Crippen molar-refractivity contribution in [2.75, 3.05) is 45.9 Å². The van der Waals surface area contributed by atoms with Gasteiger partial charge in [0, 0.05) is 26.2 Å². The summed E-state index contributed by atoms with van der Waals surface area (Å²) in [6, 6.07) is 0. The predicted molar refractivity (Wildman–Crippen MR) is 70.2 cm³/mol. The van der Waals surface area contributed by atoms with E-state index in [2.05, 4.69) is 0 Å². The molecule has 0 spiro atoms. The first kappa shape index (κ1) is 15.2. The summed E-state index contributed by atoms with van der Waals surface area (Å²) >= 11 is 0. The highest BCUT2D eigenvalue weighted by atomic mass is 16.5. The van der Waals surface area contributed by atoms with Crippen LogP contribution in [0.25, 0.3) is 0 Å². The molecule has 0 bridgehead atoms. The van der Waals surface area contributed by atoms with Crippen LogP contribution in [-0.2, 0) is 14.3 Å². The molecule has 1 amide bonds. The minimum Gasteiger partial charge on any atom is -0.481 e. The Morgan fingerprint density at radius 3 is 2.50 bits per heavy atom. The Morgan fingerprint density at radius 1 is 1.20 bits per heavy atom. The van der Waals surface area contributed by atoms with E-state index in [0.29, 0.717) is 52.2 Å². The van der Waals surface area contributed by atoms with Gasteiger partial charge in [-0.15, -0.1) is 0 Å². The number of carbonyl (C=O) groups is 2. The molecule has 0 aromatic heterocycles. The van der Waals surface area contributed by atoms with Gasteiger partial charge in [-0.25, -0.2) is 0 Å². The van der Waals surface area contributed by atoms with Crippen LogP contribution in [0.15, 0.2) is 0 Å². The SMILES string of the molecule is O=C(O)C1CCN(C(=O)CN2CCOC(CO)C2)CC1. The normalized spacial score (nSPS) is 25.6. The highest BCUT2D eigenvalue weighted by Gasteiger charge is 2.28. The van der Waals surface area contributed by atoms with Crippen LogP contribution < -0.4 is 0 Å². The number of amides is 1. The molecule has 2 aliphatic rings. The van der Waals surface area contributed by atoms with Gasteiger partial charge >= 0.3 is 5.97 Å². The number of likely N-dealkylation sites (tertiary alicyclic amines) is 1. The first-order valence-electron chi connectivity index (χ1n) is 7.05. The minimum atomic E-state index is -0.768. The van der Waals surface area contributed by atoms with Crippen LogP contribution in [0, 0.1) is 5.92 Å². The topological polar surface area (TPSA) is 90.3 Å². The van der Waals surface area contributed by atoms with Crippen LogP contribution in [0.2, 0.25) is 0 Å². The number of morpholine rings is 1. The molecule has 0 aliphatic carbocycles. The molecule has 7 heteroatoms. The van der Waals surface area contributed by atoms with Crippen LogP contribution in [0.1, 0.15) is 12.8 Å². The van der Waals surface area contributed by atoms with E-state index in [-0.39, 0.29) is 24.5 Å². The molecule has 2 rings (SSSR count). The van der Waals surface area contributed by atoms with Gasteiger partial charge in [-0.1, -0.05) is 0 Å². The zero-order valence-corrected chi connectivity index (χ0v) is 11.5. The molecule has 2 fully saturated rings. The van der Waals surface area contributed by atoms with Gasteiger partial charge in [-0.3, -0.25) is 14.5 Å². The number of nitrogens with zero attached hydrogens (tertiary/aromatic N) is 2. The number of carbonyl (C=O) groups excluding carboxylic acids is 1. The van der Waals surface area contributed by atoms with Crippen LogP contribution in [-0.4, -0.2) is 83.9 Å². The Bertz CT molecular complexity index is 355. The first-order valence-corrected chi connectivity index (χ1v) is 7.05. The number of hydrogen-bond donors (Lipinski definition) is 2. The molecule has 0 aromatic carbocycles. The van der Waals surface area contributed by atoms with E-state index in [9.17, 15) is 9.59 Å². The molecule has 0 saturated carbocycles. The number of aliphatic carboxylic acids is 1. The van der Waals surface area contributed by atoms with Crippen molar-refractivity contribution in [1.29, 1.82) is 0 Å². The van der Waals surface area contributed by atoms with Gasteiger partial charge in [-0.2, -0.15) is 0 Å². The van der Waals surface area contributed by atoms with E-state index >= 15 is 0 Å². The number of aliphatic hydroxyl groups is 1. The van der Waals surface area contributed by atoms with Crippen molar-refractivity contribution < 1.29 is 24.5 Å². The third-order valence-electron chi connectivity index (χ3n) is 3.98. The number of rotatable bonds is 4. The van der Waals surface area contributed by atoms with Gasteiger partial charge < -0.3 is 19.8 Å². The zero-order chi connectivity index (χ0) is 14.5. The number of carboxylic acids is 1. The number of aliphatic hydroxyl groups excluding tert-OH is 1. The van der Waals surface area contributed by atoms with Gasteiger partial charge in [0.1, 0.15) is 0 Å². The molecule has 1 atom stereocenters. The predicted octanol–water partition coefficient (Wildman–Crippen LogP) is -0.997. The van der Waals surface area contributed by atoms with Gasteiger partial charge in [0.25, 0.3) is 0 Å². The number of hydrogen-bond acceptors (Lipinski definition) is 5. The molecule has 2 aliphatic heterocycles. The standard InChI is InChI=1S/C13H22N2O5/c16-9-11-7-14(5-6-20-11)8-12(17)15-3-1-10(2-4-15)13(18)19/h10-11,16H,1-9H2,(H,18,19). The van der Waals surface area contributed by atoms with Crippen LogP contribution >= 0.6 is 0 Å². The molecule has 2 saturated heterocycles. The first-order chi connectivity index (χ1) is 9.60. The summed E-state index contributed by atoms with van der Waals surface area (Å²) in [5.41, 5.74) is 0. The average molecular weight is 286 g/mol. The lowest BCUT2D eigenvalue weighted by molar-refractivity contribution is -0.146. The maximum atomic E-state index is 12.2. The van der Waals surface area contributed by atoms with E-state index in [1.165, 1.54) is 0 Å². The largest absolute Gasteiger partial charge is 0.481 e. The fraction of sp³-hybridized carbons (Fsp3) is 0.846. The van der Waals surface area contributed by atoms with Crippen molar-refractivity contribution in [1.82, 2.24) is 9.80 Å². The van der Waals surface area contributed by atoms with Crippen LogP contribution in [0.4, 0.5) is 0 Å². The van der Waals surface area contributed by atoms with Crippen LogP contribution in [0.3, 0.4) is 0 Å². The Balaban J connectivity index is 1.76. The van der Waals surface area contributed by atoms with Gasteiger partial charge in [0.2, 0.25) is 5.91 Å². The molecule has 2 heterocycles. The Kier molecular flexibility index (Phi) is 5.33. The van der Waals surface area contributed by atoms with Gasteiger partial charge in [0.15, 0.2) is 0 Å². The lowest BCUT2D eigenvalue weighted by Crippen LogP contribution is -2.50. The highest BCUT2D eigenvalue weighted by Crippen LogP contribution is 2.17. The molecule has 0 aromatic rings. The molecule has 1 unspecified atom stereocenters. The van der Waals surface area contributed by atoms with E-state index < -0.39 is 5.97 Å². The monoisotopic (exact) mass is 286 g/mol. The molecular weight excluding hydrogens is 264 g/mol. The minimum absolute atomic E-state index is 0.0330. The quantitative estimate of drug-likeness (QED) is 0.689. The zero-order valence-electron chi connectivity index (χ0n) is 11.5. The van der Waals surface area contributed by atoms with Crippen molar-refractivity contribution in [3.8, 4) is 0 Å². The molecule has 7 nitrogen and oxygen atoms in total. The van der Waals surface area contributed by atoms with Gasteiger partial charge in [-0.05, 0) is 12.8 Å². The Morgan fingerprint density at radius 2 is 1.90 bits per heavy atom. The van der Waals surface area contributed by atoms with E-state index in [0.717, 1.165) is 0 Å². The molecule has 114 valence electrons. The summed E-state index contributed by atoms with van der Waals surface area (Å²) in [6.07, 6.45) is 0.849. The number of carboxylic acid groups (broad SMARTS) is 1. The Labute approximate surface area is 118 Å². The average Bonchev–Trinajstić information content (AvgIpc) is 2.47. The summed E-state index contributed by atoms with van der Waals surface area (Å²) < 4.78 is 5.34. The smallest absolute Gasteiger partial charge is 0.306 e. The maximum Gasteiger partial charge on any atom is 0.306 e. The van der Waals surface area contributed by atoms with Crippen molar-refractivity contribution in [2.45, 2.75) is 18.9 Å². The lowest BCUT2D eigenvalue weighted by Gasteiger charge is -2.35. The second kappa shape index (κ2) is 7.01. The summed E-state index contributed by atoms with van der Waals surface area (Å²) in [5, 5.41) is 18.0. The summed E-state index contributed by atoms with van der Waals surface area (Å²) in [5.74, 6) is -1.05. The molecule has 2 N–H and O–H groups in total. The van der Waals surface area contributed by atoms with E-state index in [1.54, 1.807) is 4.90 Å². The van der Waals surface area contributed by atoms with E-state index in [1.807, 2.05) is 4.90 Å². The fourth-order valence-electron chi connectivity index (χ4n) is 2.70. The van der Waals surface area contributed by atoms with Crippen LogP contribution in [0.5, 0.6) is 0 Å². The summed E-state index contributed by atoms with van der Waals surface area (Å²) in [4.78, 5) is 26.8. The number of piperidine rings is 1. The highest BCUT2D eigenvalue weighted by molar-refractivity contribution is 5.79. The van der Waals surface area contributed by atoms with Crippen molar-refractivity contribution in [2.24, 2.45) is 5.92 Å². The van der Waals surface area contributed by atoms with Gasteiger partial charge in [0.05, 0.1) is 31.8 Å². The second-order valence-corrected chi connectivity index (χ2v) is 5.40. The fourth-order valence-corrected chi connectivity index (χ4v) is 2.70. The lowest BCUT2D eigenvalue weighted by atomic mass is 9.97. The second-order valence-electron chi connectivity index (χ2n) is 5.40. The molecular formula is C13H22N2O5. The molecule has 0 radical (unpaired) electrons. The van der Waals surface area contributed by atoms with Crippen molar-refractivity contribution >= 4 is 11.9 Å². The maximum absolute atomic E-state index is 12.2. The Hall–Kier alpha value is -1.18. The summed E-state index contributed by atoms with van der Waals surface area (Å²) in [7, 11) is 0. The number of ether oxygens (including phenoxy) is 1. The summed E-state index contributed by atoms with van der Waals surface area (Å²) in [6.45, 7) is 3.10. The molecule has 20 heavy (non-hydrogen) atoms. The third-order valence-corrected chi connectivity index (χ3v) is 3.98. The third kappa shape index (κ3) is 3.91.